The lowest BCUT2D eigenvalue weighted by molar-refractivity contribution is 0.0912. The van der Waals surface area contributed by atoms with E-state index in [0.717, 1.165) is 11.3 Å². The van der Waals surface area contributed by atoms with Crippen molar-refractivity contribution in [3.05, 3.63) is 23.2 Å². The molecule has 1 aromatic heterocycles. The number of aryl methyl sites for hydroxylation is 2. The third kappa shape index (κ3) is 3.38. The minimum atomic E-state index is -0.347. The van der Waals surface area contributed by atoms with Crippen LogP contribution in [-0.2, 0) is 0 Å². The van der Waals surface area contributed by atoms with Gasteiger partial charge in [0.1, 0.15) is 5.76 Å². The van der Waals surface area contributed by atoms with E-state index in [0.29, 0.717) is 25.1 Å². The Labute approximate surface area is 95.7 Å². The minimum absolute atomic E-state index is 0.214. The second-order valence-electron chi connectivity index (χ2n) is 3.98. The molecular weight excluding hydrogens is 206 g/mol. The second kappa shape index (κ2) is 5.70. The van der Waals surface area contributed by atoms with Crippen LogP contribution in [0.4, 0.5) is 0 Å². The number of aliphatic hydroxyl groups excluding tert-OH is 1. The van der Waals surface area contributed by atoms with Crippen molar-refractivity contribution in [2.45, 2.75) is 39.7 Å². The van der Waals surface area contributed by atoms with Crippen LogP contribution < -0.4 is 5.32 Å². The maximum atomic E-state index is 11.7. The molecule has 16 heavy (non-hydrogen) atoms. The fourth-order valence-corrected chi connectivity index (χ4v) is 1.50. The third-order valence-corrected chi connectivity index (χ3v) is 2.48. The van der Waals surface area contributed by atoms with Gasteiger partial charge in [-0.25, -0.2) is 0 Å². The van der Waals surface area contributed by atoms with Gasteiger partial charge in [-0.1, -0.05) is 6.92 Å². The highest BCUT2D eigenvalue weighted by molar-refractivity contribution is 5.92. The highest BCUT2D eigenvalue weighted by Gasteiger charge is 2.13. The Kier molecular flexibility index (Phi) is 4.55. The standard InChI is InChI=1S/C12H19NO3/c1-4-10(14)5-6-13-12(15)11-8(2)7-9(3)16-11/h7,10,14H,4-6H2,1-3H3,(H,13,15). The van der Waals surface area contributed by atoms with Crippen LogP contribution in [0.25, 0.3) is 0 Å². The van der Waals surface area contributed by atoms with Gasteiger partial charge in [-0.2, -0.15) is 0 Å². The summed E-state index contributed by atoms with van der Waals surface area (Å²) in [7, 11) is 0. The molecule has 1 unspecified atom stereocenters. The molecule has 0 aliphatic rings. The fraction of sp³-hybridized carbons (Fsp3) is 0.583. The van der Waals surface area contributed by atoms with Crippen molar-refractivity contribution in [3.63, 3.8) is 0 Å². The van der Waals surface area contributed by atoms with E-state index in [4.69, 9.17) is 4.42 Å². The Balaban J connectivity index is 2.44. The molecule has 1 rings (SSSR count). The van der Waals surface area contributed by atoms with Crippen LogP contribution >= 0.6 is 0 Å². The molecule has 0 aliphatic carbocycles. The van der Waals surface area contributed by atoms with Crippen LogP contribution in [0.15, 0.2) is 10.5 Å². The summed E-state index contributed by atoms with van der Waals surface area (Å²) in [4.78, 5) is 11.7. The highest BCUT2D eigenvalue weighted by atomic mass is 16.3. The number of carbonyl (C=O) groups excluding carboxylic acids is 1. The first-order chi connectivity index (χ1) is 7.54. The number of carbonyl (C=O) groups is 1. The van der Waals surface area contributed by atoms with Crippen molar-refractivity contribution >= 4 is 5.91 Å². The van der Waals surface area contributed by atoms with E-state index < -0.39 is 0 Å². The average molecular weight is 225 g/mol. The Morgan fingerprint density at radius 3 is 2.75 bits per heavy atom. The fourth-order valence-electron chi connectivity index (χ4n) is 1.50. The number of amides is 1. The van der Waals surface area contributed by atoms with Crippen LogP contribution in [0.5, 0.6) is 0 Å². The van der Waals surface area contributed by atoms with Gasteiger partial charge >= 0.3 is 0 Å². The molecule has 0 saturated heterocycles. The van der Waals surface area contributed by atoms with Crippen molar-refractivity contribution in [1.82, 2.24) is 5.32 Å². The zero-order valence-corrected chi connectivity index (χ0v) is 10.0. The zero-order valence-electron chi connectivity index (χ0n) is 10.0. The van der Waals surface area contributed by atoms with E-state index in [2.05, 4.69) is 5.32 Å². The monoisotopic (exact) mass is 225 g/mol. The van der Waals surface area contributed by atoms with Crippen molar-refractivity contribution in [1.29, 1.82) is 0 Å². The van der Waals surface area contributed by atoms with E-state index in [-0.39, 0.29) is 12.0 Å². The van der Waals surface area contributed by atoms with Gasteiger partial charge < -0.3 is 14.8 Å². The molecule has 0 spiro atoms. The topological polar surface area (TPSA) is 62.5 Å². The normalized spacial score (nSPS) is 12.5. The first kappa shape index (κ1) is 12.8. The lowest BCUT2D eigenvalue weighted by Gasteiger charge is -2.08. The maximum Gasteiger partial charge on any atom is 0.287 e. The van der Waals surface area contributed by atoms with Gasteiger partial charge in [0.05, 0.1) is 6.10 Å². The number of hydrogen-bond acceptors (Lipinski definition) is 3. The summed E-state index contributed by atoms with van der Waals surface area (Å²) in [6.45, 7) is 6.02. The third-order valence-electron chi connectivity index (χ3n) is 2.48. The molecule has 0 radical (unpaired) electrons. The summed E-state index contributed by atoms with van der Waals surface area (Å²) in [6.07, 6.45) is 0.926. The van der Waals surface area contributed by atoms with E-state index >= 15 is 0 Å². The molecule has 0 aliphatic heterocycles. The van der Waals surface area contributed by atoms with Gasteiger partial charge in [0.25, 0.3) is 5.91 Å². The molecule has 0 bridgehead atoms. The predicted octanol–water partition coefficient (Wildman–Crippen LogP) is 1.79. The van der Waals surface area contributed by atoms with E-state index in [1.807, 2.05) is 26.8 Å². The Bertz CT molecular complexity index is 357. The molecule has 2 N–H and O–H groups in total. The molecule has 4 nitrogen and oxygen atoms in total. The van der Waals surface area contributed by atoms with E-state index in [9.17, 15) is 9.90 Å². The van der Waals surface area contributed by atoms with Gasteiger partial charge in [-0.05, 0) is 32.8 Å². The van der Waals surface area contributed by atoms with Crippen molar-refractivity contribution in [3.8, 4) is 0 Å². The van der Waals surface area contributed by atoms with Gasteiger partial charge in [-0.15, -0.1) is 0 Å². The number of nitrogens with one attached hydrogen (secondary N) is 1. The van der Waals surface area contributed by atoms with Gasteiger partial charge in [0.2, 0.25) is 0 Å². The molecule has 1 atom stereocenters. The van der Waals surface area contributed by atoms with Gasteiger partial charge in [0.15, 0.2) is 5.76 Å². The highest BCUT2D eigenvalue weighted by Crippen LogP contribution is 2.13. The Hall–Kier alpha value is -1.29. The van der Waals surface area contributed by atoms with Crippen molar-refractivity contribution in [2.24, 2.45) is 0 Å². The van der Waals surface area contributed by atoms with Crippen LogP contribution in [0.3, 0.4) is 0 Å². The molecule has 4 heteroatoms. The summed E-state index contributed by atoms with van der Waals surface area (Å²) >= 11 is 0. The van der Waals surface area contributed by atoms with Crippen LogP contribution in [-0.4, -0.2) is 23.7 Å². The average Bonchev–Trinajstić information content (AvgIpc) is 2.57. The summed E-state index contributed by atoms with van der Waals surface area (Å²) in [5.74, 6) is 0.883. The molecular formula is C12H19NO3. The summed E-state index contributed by atoms with van der Waals surface area (Å²) in [5, 5.41) is 12.1. The summed E-state index contributed by atoms with van der Waals surface area (Å²) in [6, 6.07) is 1.83. The maximum absolute atomic E-state index is 11.7. The van der Waals surface area contributed by atoms with Crippen LogP contribution in [0.1, 0.15) is 41.6 Å². The second-order valence-corrected chi connectivity index (χ2v) is 3.98. The minimum Gasteiger partial charge on any atom is -0.456 e. The Morgan fingerprint density at radius 2 is 2.25 bits per heavy atom. The summed E-state index contributed by atoms with van der Waals surface area (Å²) in [5.41, 5.74) is 0.839. The first-order valence-electron chi connectivity index (χ1n) is 5.58. The first-order valence-corrected chi connectivity index (χ1v) is 5.58. The number of rotatable bonds is 5. The Morgan fingerprint density at radius 1 is 1.56 bits per heavy atom. The van der Waals surface area contributed by atoms with Crippen LogP contribution in [0.2, 0.25) is 0 Å². The number of hydrogen-bond donors (Lipinski definition) is 2. The molecule has 1 heterocycles. The lowest BCUT2D eigenvalue weighted by atomic mass is 10.2. The predicted molar refractivity (Wildman–Crippen MR) is 61.4 cm³/mol. The number of aliphatic hydroxyl groups is 1. The smallest absolute Gasteiger partial charge is 0.287 e. The summed E-state index contributed by atoms with van der Waals surface area (Å²) < 4.78 is 5.29. The molecule has 0 saturated carbocycles. The molecule has 1 amide bonds. The lowest BCUT2D eigenvalue weighted by Crippen LogP contribution is -2.27. The molecule has 0 fully saturated rings. The largest absolute Gasteiger partial charge is 0.456 e. The molecule has 90 valence electrons. The van der Waals surface area contributed by atoms with Gasteiger partial charge in [0, 0.05) is 12.1 Å². The molecule has 1 aromatic rings. The molecule has 0 aromatic carbocycles. The zero-order chi connectivity index (χ0) is 12.1. The van der Waals surface area contributed by atoms with E-state index in [1.54, 1.807) is 0 Å². The van der Waals surface area contributed by atoms with Crippen molar-refractivity contribution < 1.29 is 14.3 Å². The van der Waals surface area contributed by atoms with Crippen molar-refractivity contribution in [2.75, 3.05) is 6.54 Å². The SMILES string of the molecule is CCC(O)CCNC(=O)c1oc(C)cc1C. The number of furan rings is 1. The van der Waals surface area contributed by atoms with Crippen LogP contribution in [0, 0.1) is 13.8 Å². The quantitative estimate of drug-likeness (QED) is 0.803. The van der Waals surface area contributed by atoms with E-state index in [1.165, 1.54) is 0 Å². The van der Waals surface area contributed by atoms with Gasteiger partial charge in [-0.3, -0.25) is 4.79 Å².